The van der Waals surface area contributed by atoms with Crippen LogP contribution in [0.2, 0.25) is 0 Å². The Bertz CT molecular complexity index is 9000. The van der Waals surface area contributed by atoms with Crippen molar-refractivity contribution in [3.8, 4) is 52.1 Å². The second-order valence-corrected chi connectivity index (χ2v) is 38.1. The van der Waals surface area contributed by atoms with Gasteiger partial charge in [0.2, 0.25) is 23.5 Å². The summed E-state index contributed by atoms with van der Waals surface area (Å²) >= 11 is 7.09. The lowest BCUT2D eigenvalue weighted by Crippen LogP contribution is -2.28. The molecule has 732 valence electrons. The van der Waals surface area contributed by atoms with Crippen molar-refractivity contribution >= 4 is 175 Å². The normalized spacial score (nSPS) is 14.1. The van der Waals surface area contributed by atoms with Crippen LogP contribution in [-0.4, -0.2) is 95.2 Å². The standard InChI is InChI=1S/C25H19N3O2S.C24H18N4O2S.C24H20N2O3S.C22H16N4O2S.C21H20N4OS/c1-30-21-10-8-19(9-11-21)27-25-28(20-5-3-2-4-6-20)24(29)23(31-25)16-17-7-12-22-18(15-17)13-14-26-22;1-30-19-10-8-18(9-11-19)28-23(29)22(31-24(28)27-17-5-3-2-4-6-17)14-16-7-12-20-21(13-16)26-15-25-20;1-29-21-13-11-20(12-14-21)26-23(28)22(15-17-7-9-18(16-27)10-8-17)30-24(26)25-19-5-3-2-4-6-19;27-21-20(12-15-8-9-18-19(11-15)24-14-23-18)29-22(25-16-5-2-1-3-6-16)26(21)13-17-7-4-10-28-17;1-2-3-11-25-20(26)19(27-21(25)24-16-7-5-4-6-8-16)13-15-9-10-17-18(12-15)23-14-22-17/h2-16,29H,1H3;2-15,29H,1H3;2-15,27H,16H2,1H3;1-12,14,27H,13H2;4-10,12-14,26H,2-3,11H2,1H3/b;;22-15-,25-24?;;. The molecule has 0 unspecified atom stereocenters. The number of aromatic hydroxyl groups is 4. The second-order valence-electron chi connectivity index (χ2n) is 33.1. The number of amidine groups is 1. The highest BCUT2D eigenvalue weighted by Gasteiger charge is 2.35. The number of carbonyl (C=O) groups excluding carboxylic acids is 1. The van der Waals surface area contributed by atoms with E-state index in [1.54, 1.807) is 71.4 Å². The molecule has 1 fully saturated rings. The minimum Gasteiger partial charge on any atom is -0.497 e. The number of hydrogen-bond acceptors (Lipinski definition) is 27. The van der Waals surface area contributed by atoms with Gasteiger partial charge < -0.3 is 44.2 Å². The Morgan fingerprint density at radius 3 is 1.24 bits per heavy atom. The number of benzene rings is 13. The molecule has 1 amide bonds. The molecule has 0 aliphatic carbocycles. The van der Waals surface area contributed by atoms with Gasteiger partial charge in [-0.3, -0.25) is 33.0 Å². The topological polar surface area (TPSA) is 330 Å². The van der Waals surface area contributed by atoms with Crippen molar-refractivity contribution in [2.24, 2.45) is 59.9 Å². The van der Waals surface area contributed by atoms with Gasteiger partial charge in [-0.25, -0.2) is 54.9 Å². The zero-order chi connectivity index (χ0) is 102. The summed E-state index contributed by atoms with van der Waals surface area (Å²) in [5, 5.41) is 61.2. The molecule has 5 aliphatic rings. The van der Waals surface area contributed by atoms with Gasteiger partial charge in [-0.1, -0.05) is 198 Å². The molecule has 23 rings (SSSR count). The molecular weight excluding hydrogens is 1950 g/mol. The van der Waals surface area contributed by atoms with Crippen molar-refractivity contribution in [1.82, 2.24) is 18.3 Å². The summed E-state index contributed by atoms with van der Waals surface area (Å²) in [7, 11) is 4.87. The third-order valence-electron chi connectivity index (χ3n) is 23.1. The predicted octanol–water partition coefficient (Wildman–Crippen LogP) is 19.2. The maximum atomic E-state index is 13.3. The van der Waals surface area contributed by atoms with Crippen molar-refractivity contribution < 1.29 is 49.0 Å². The average molecular weight is 2050 g/mol. The van der Waals surface area contributed by atoms with E-state index in [-0.39, 0.29) is 36.0 Å². The number of para-hydroxylation sites is 5. The SMILES string of the molecule is CCCCn1c(O)c(C=c2ccc3c(c2)N=CN=3)sc1=Nc1ccccc1.COc1ccc(-n2c(O)c(C=c3ccc4c(c3)N=CN=4)sc2=Nc2ccccc2)cc1.COc1ccc(N2C(=O)/C(=C/c3ccc(CO)cc3)SC2=Nc2ccccc2)cc1.COc1ccc(N=c2sc(C=c3ccc4c(c3)C=CN=4)c(O)n2-c2ccccc2)cc1.Oc1c(C=c2ccc3c(c2)N=CN=3)sc(=Nc2ccccc2)n1Cc1ccco1. The maximum absolute atomic E-state index is 13.3. The van der Waals surface area contributed by atoms with E-state index < -0.39 is 0 Å². The van der Waals surface area contributed by atoms with Gasteiger partial charge in [0, 0.05) is 18.3 Å². The van der Waals surface area contributed by atoms with Gasteiger partial charge >= 0.3 is 0 Å². The first-order valence-electron chi connectivity index (χ1n) is 46.8. The van der Waals surface area contributed by atoms with Crippen LogP contribution in [0.3, 0.4) is 0 Å². The largest absolute Gasteiger partial charge is 0.497 e. The van der Waals surface area contributed by atoms with E-state index in [0.29, 0.717) is 40.8 Å². The number of fused-ring (bicyclic) bond motifs is 4. The summed E-state index contributed by atoms with van der Waals surface area (Å²) < 4.78 is 28.4. The van der Waals surface area contributed by atoms with Crippen molar-refractivity contribution in [3.05, 3.63) is 454 Å². The van der Waals surface area contributed by atoms with Crippen LogP contribution in [0.25, 0.3) is 47.8 Å². The van der Waals surface area contributed by atoms with Gasteiger partial charge in [-0.15, -0.1) is 0 Å². The minimum absolute atomic E-state index is 0.0103. The molecule has 5 aromatic heterocycles. The molecule has 27 nitrogen and oxygen atoms in total. The summed E-state index contributed by atoms with van der Waals surface area (Å²) in [5.74, 6) is 3.54. The lowest BCUT2D eigenvalue weighted by molar-refractivity contribution is -0.113. The van der Waals surface area contributed by atoms with Crippen LogP contribution < -0.4 is 80.6 Å². The average Bonchev–Trinajstić information content (AvgIpc) is 1.66. The summed E-state index contributed by atoms with van der Waals surface area (Å²) in [6.45, 7) is 3.26. The highest BCUT2D eigenvalue weighted by molar-refractivity contribution is 8.19. The Balaban J connectivity index is 0.000000116. The number of rotatable bonds is 22. The zero-order valence-corrected chi connectivity index (χ0v) is 84.1. The number of ether oxygens (including phenoxy) is 3. The lowest BCUT2D eigenvalue weighted by atomic mass is 10.1. The van der Waals surface area contributed by atoms with Gasteiger partial charge in [0.05, 0.1) is 149 Å². The molecule has 13 aromatic carbocycles. The van der Waals surface area contributed by atoms with Crippen LogP contribution in [0.1, 0.15) is 61.7 Å². The summed E-state index contributed by atoms with van der Waals surface area (Å²) in [6.07, 6.45) is 21.7. The Morgan fingerprint density at radius 2 is 0.784 bits per heavy atom. The Kier molecular flexibility index (Phi) is 31.4. The zero-order valence-electron chi connectivity index (χ0n) is 80.1. The quantitative estimate of drug-likeness (QED) is 0.0397. The minimum atomic E-state index is -0.133. The number of aromatic nitrogens is 4. The van der Waals surface area contributed by atoms with Crippen molar-refractivity contribution in [3.63, 3.8) is 0 Å². The third-order valence-corrected chi connectivity index (χ3v) is 28.1. The number of hydrogen-bond donors (Lipinski definition) is 5. The smallest absolute Gasteiger partial charge is 0.271 e. The van der Waals surface area contributed by atoms with E-state index in [2.05, 4.69) is 47.9 Å². The van der Waals surface area contributed by atoms with Gasteiger partial charge in [-0.05, 0) is 281 Å². The van der Waals surface area contributed by atoms with E-state index in [1.165, 1.54) is 57.1 Å². The highest BCUT2D eigenvalue weighted by Crippen LogP contribution is 2.39. The molecule has 10 heterocycles. The van der Waals surface area contributed by atoms with Crippen molar-refractivity contribution in [1.29, 1.82) is 0 Å². The first-order chi connectivity index (χ1) is 72.6. The number of aliphatic hydroxyl groups excluding tert-OH is 1. The van der Waals surface area contributed by atoms with E-state index in [4.69, 9.17) is 43.6 Å². The van der Waals surface area contributed by atoms with E-state index in [9.17, 15) is 30.3 Å². The number of aliphatic imine (C=N–C) groups is 4. The molecule has 1 saturated heterocycles. The van der Waals surface area contributed by atoms with Crippen LogP contribution >= 0.6 is 57.1 Å². The molecule has 32 heteroatoms. The number of thioether (sulfide) groups is 1. The second kappa shape index (κ2) is 47.1. The molecule has 0 saturated carbocycles. The maximum Gasteiger partial charge on any atom is 0.271 e. The number of amides is 1. The van der Waals surface area contributed by atoms with E-state index in [1.807, 2.05) is 369 Å². The molecule has 0 bridgehead atoms. The Morgan fingerprint density at radius 1 is 0.385 bits per heavy atom. The van der Waals surface area contributed by atoms with Gasteiger partial charge in [0.1, 0.15) is 42.0 Å². The number of carbonyl (C=O) groups is 1. The fraction of sp³-hybridized carbons (Fsp3) is 0.0776. The number of aliphatic hydroxyl groups is 1. The first kappa shape index (κ1) is 98.8. The van der Waals surface area contributed by atoms with Crippen LogP contribution in [0.5, 0.6) is 40.8 Å². The highest BCUT2D eigenvalue weighted by atomic mass is 32.2. The van der Waals surface area contributed by atoms with Crippen molar-refractivity contribution in [2.75, 3.05) is 26.2 Å². The number of nitrogens with zero attached hydrogens (tertiary/aromatic N) is 17. The summed E-state index contributed by atoms with van der Waals surface area (Å²) in [5.41, 5.74) is 11.7. The fourth-order valence-electron chi connectivity index (χ4n) is 15.6. The molecule has 5 aliphatic heterocycles. The fourth-order valence-corrected chi connectivity index (χ4v) is 20.7. The number of furan rings is 1. The Hall–Kier alpha value is -17.9. The molecule has 18 aromatic rings. The van der Waals surface area contributed by atoms with Crippen molar-refractivity contribution in [2.45, 2.75) is 39.5 Å². The number of anilines is 1. The predicted molar refractivity (Wildman–Crippen MR) is 590 cm³/mol. The Labute approximate surface area is 867 Å². The molecule has 0 spiro atoms. The first-order valence-corrected chi connectivity index (χ1v) is 50.9. The van der Waals surface area contributed by atoms with Gasteiger partial charge in [0.15, 0.2) is 24.4 Å². The number of unbranched alkanes of at least 4 members (excludes halogenated alkanes) is 1. The molecule has 0 atom stereocenters. The van der Waals surface area contributed by atoms with Crippen LogP contribution in [0.15, 0.2) is 415 Å². The molecular formula is C116H93N17O10S5. The molecule has 0 radical (unpaired) electrons. The van der Waals surface area contributed by atoms with Crippen LogP contribution in [-0.2, 0) is 24.5 Å². The lowest BCUT2D eigenvalue weighted by Gasteiger charge is -2.16. The van der Waals surface area contributed by atoms with Gasteiger partial charge in [0.25, 0.3) is 5.91 Å². The van der Waals surface area contributed by atoms with Crippen LogP contribution in [0.4, 0.5) is 51.2 Å². The van der Waals surface area contributed by atoms with Gasteiger partial charge in [-0.2, -0.15) is 0 Å². The van der Waals surface area contributed by atoms with Crippen LogP contribution in [0, 0.1) is 0 Å². The number of thiazole rings is 4. The number of methoxy groups -OCH3 is 3. The summed E-state index contributed by atoms with van der Waals surface area (Å²) in [4.78, 5) is 74.6. The third kappa shape index (κ3) is 24.1. The molecule has 5 N–H and O–H groups in total. The molecule has 148 heavy (non-hydrogen) atoms. The monoisotopic (exact) mass is 2040 g/mol. The van der Waals surface area contributed by atoms with E-state index >= 15 is 0 Å². The summed E-state index contributed by atoms with van der Waals surface area (Å²) in [6, 6.07) is 106. The van der Waals surface area contributed by atoms with E-state index in [0.717, 1.165) is 179 Å².